The molecule has 50 heavy (non-hydrogen) atoms. The van der Waals surface area contributed by atoms with Crippen LogP contribution in [0.1, 0.15) is 28.3 Å². The molecule has 0 saturated heterocycles. The summed E-state index contributed by atoms with van der Waals surface area (Å²) in [6.45, 7) is 0. The van der Waals surface area contributed by atoms with Crippen LogP contribution in [0.2, 0.25) is 0 Å². The SMILES string of the molecule is C1=Cc2c(sc3ccccc23)C(c2ccc3c(c2)c2ccccc2n3-c2ccc(-c3ccc4c5ccccc5c5ccccc5c4c3)cc2)C1. The second kappa shape index (κ2) is 10.8. The van der Waals surface area contributed by atoms with E-state index in [9.17, 15) is 0 Å². The summed E-state index contributed by atoms with van der Waals surface area (Å²) in [4.78, 5) is 1.49. The second-order valence-electron chi connectivity index (χ2n) is 13.6. The molecule has 234 valence electrons. The van der Waals surface area contributed by atoms with Gasteiger partial charge in [-0.1, -0.05) is 127 Å². The Morgan fingerprint density at radius 3 is 1.82 bits per heavy atom. The van der Waals surface area contributed by atoms with Crippen molar-refractivity contribution in [1.29, 1.82) is 0 Å². The van der Waals surface area contributed by atoms with Crippen molar-refractivity contribution in [2.45, 2.75) is 12.3 Å². The van der Waals surface area contributed by atoms with Crippen LogP contribution in [0, 0.1) is 0 Å². The molecule has 0 aliphatic heterocycles. The van der Waals surface area contributed by atoms with Crippen LogP contribution in [-0.4, -0.2) is 4.57 Å². The zero-order chi connectivity index (χ0) is 32.8. The zero-order valence-electron chi connectivity index (χ0n) is 27.3. The van der Waals surface area contributed by atoms with Gasteiger partial charge >= 0.3 is 0 Å². The summed E-state index contributed by atoms with van der Waals surface area (Å²) >= 11 is 1.96. The van der Waals surface area contributed by atoms with E-state index >= 15 is 0 Å². The van der Waals surface area contributed by atoms with Gasteiger partial charge in [-0.25, -0.2) is 0 Å². The van der Waals surface area contributed by atoms with E-state index in [1.54, 1.807) is 0 Å². The maximum absolute atomic E-state index is 2.46. The number of allylic oxidation sites excluding steroid dienone is 1. The van der Waals surface area contributed by atoms with Crippen LogP contribution in [0.25, 0.3) is 87.1 Å². The third-order valence-electron chi connectivity index (χ3n) is 10.9. The normalized spacial score (nSPS) is 14.4. The molecule has 1 atom stereocenters. The van der Waals surface area contributed by atoms with Crippen molar-refractivity contribution in [3.05, 3.63) is 180 Å². The van der Waals surface area contributed by atoms with E-state index < -0.39 is 0 Å². The lowest BCUT2D eigenvalue weighted by atomic mass is 9.87. The third-order valence-corrected chi connectivity index (χ3v) is 12.2. The summed E-state index contributed by atoms with van der Waals surface area (Å²) in [5.41, 5.74) is 8.91. The summed E-state index contributed by atoms with van der Waals surface area (Å²) in [5.74, 6) is 0.371. The van der Waals surface area contributed by atoms with Gasteiger partial charge in [-0.15, -0.1) is 11.3 Å². The Balaban J connectivity index is 1.02. The van der Waals surface area contributed by atoms with Crippen LogP contribution in [0.5, 0.6) is 0 Å². The van der Waals surface area contributed by atoms with Crippen molar-refractivity contribution >= 4 is 81.6 Å². The summed E-state index contributed by atoms with van der Waals surface area (Å²) in [6, 6.07) is 58.6. The number of hydrogen-bond acceptors (Lipinski definition) is 1. The monoisotopic (exact) mass is 653 g/mol. The predicted molar refractivity (Wildman–Crippen MR) is 216 cm³/mol. The molecule has 0 bridgehead atoms. The first-order chi connectivity index (χ1) is 24.8. The number of thiophene rings is 1. The fraction of sp³-hybridized carbons (Fsp3) is 0.0417. The van der Waals surface area contributed by atoms with E-state index in [0.29, 0.717) is 5.92 Å². The minimum atomic E-state index is 0.371. The summed E-state index contributed by atoms with van der Waals surface area (Å²) in [6.07, 6.45) is 5.73. The van der Waals surface area contributed by atoms with Crippen molar-refractivity contribution < 1.29 is 0 Å². The minimum absolute atomic E-state index is 0.371. The molecule has 2 heteroatoms. The number of aromatic nitrogens is 1. The van der Waals surface area contributed by atoms with Crippen LogP contribution in [0.3, 0.4) is 0 Å². The van der Waals surface area contributed by atoms with Gasteiger partial charge < -0.3 is 4.57 Å². The van der Waals surface area contributed by atoms with Crippen LogP contribution >= 0.6 is 11.3 Å². The van der Waals surface area contributed by atoms with E-state index in [2.05, 4.69) is 174 Å². The molecule has 2 heterocycles. The molecule has 0 spiro atoms. The van der Waals surface area contributed by atoms with E-state index in [1.165, 1.54) is 97.0 Å². The van der Waals surface area contributed by atoms with Crippen molar-refractivity contribution in [2.75, 3.05) is 0 Å². The van der Waals surface area contributed by atoms with Gasteiger partial charge in [-0.2, -0.15) is 0 Å². The molecular weight excluding hydrogens is 623 g/mol. The van der Waals surface area contributed by atoms with Gasteiger partial charge in [0.15, 0.2) is 0 Å². The molecule has 0 saturated carbocycles. The van der Waals surface area contributed by atoms with E-state index in [0.717, 1.165) is 6.42 Å². The molecule has 8 aromatic carbocycles. The van der Waals surface area contributed by atoms with Gasteiger partial charge in [0.05, 0.1) is 11.0 Å². The van der Waals surface area contributed by atoms with Gasteiger partial charge in [0.1, 0.15) is 0 Å². The van der Waals surface area contributed by atoms with Crippen LogP contribution < -0.4 is 0 Å². The molecule has 1 unspecified atom stereocenters. The minimum Gasteiger partial charge on any atom is -0.309 e. The molecule has 10 aromatic rings. The highest BCUT2D eigenvalue weighted by atomic mass is 32.1. The largest absolute Gasteiger partial charge is 0.309 e. The van der Waals surface area contributed by atoms with E-state index in [4.69, 9.17) is 0 Å². The Morgan fingerprint density at radius 2 is 1.06 bits per heavy atom. The molecule has 11 rings (SSSR count). The average molecular weight is 654 g/mol. The Hall–Kier alpha value is -5.96. The molecule has 0 N–H and O–H groups in total. The topological polar surface area (TPSA) is 4.93 Å². The van der Waals surface area contributed by atoms with Crippen molar-refractivity contribution in [2.24, 2.45) is 0 Å². The highest BCUT2D eigenvalue weighted by Crippen LogP contribution is 2.45. The van der Waals surface area contributed by atoms with Gasteiger partial charge in [-0.3, -0.25) is 0 Å². The summed E-state index contributed by atoms with van der Waals surface area (Å²) < 4.78 is 3.81. The van der Waals surface area contributed by atoms with Gasteiger partial charge in [0, 0.05) is 32.0 Å². The third kappa shape index (κ3) is 4.06. The molecule has 1 aliphatic rings. The van der Waals surface area contributed by atoms with Crippen molar-refractivity contribution in [3.8, 4) is 16.8 Å². The first kappa shape index (κ1) is 27.9. The van der Waals surface area contributed by atoms with Gasteiger partial charge in [0.25, 0.3) is 0 Å². The number of benzene rings is 8. The first-order valence-electron chi connectivity index (χ1n) is 17.5. The standard InChI is InChI=1S/C48H31NS/c1-2-12-37-35(10-1)36-11-3-4-13-38(36)43-28-31(22-26-39(37)43)30-20-24-33(25-21-30)49-45-18-7-5-14-40(45)44-29-32(23-27-46(44)49)34-16-9-17-42-41-15-6-8-19-47(41)50-48(34)42/h1-15,17-29,34H,16H2. The molecule has 2 aromatic heterocycles. The van der Waals surface area contributed by atoms with Crippen molar-refractivity contribution in [3.63, 3.8) is 0 Å². The Morgan fingerprint density at radius 1 is 0.460 bits per heavy atom. The van der Waals surface area contributed by atoms with Crippen LogP contribution in [-0.2, 0) is 0 Å². The van der Waals surface area contributed by atoms with E-state index in [1.807, 2.05) is 11.3 Å². The van der Waals surface area contributed by atoms with Crippen molar-refractivity contribution in [1.82, 2.24) is 4.57 Å². The number of rotatable bonds is 3. The molecule has 0 amide bonds. The lowest BCUT2D eigenvalue weighted by Crippen LogP contribution is -2.02. The molecule has 0 radical (unpaired) electrons. The van der Waals surface area contributed by atoms with Gasteiger partial charge in [0.2, 0.25) is 0 Å². The molecular formula is C48H31NS. The lowest BCUT2D eigenvalue weighted by molar-refractivity contribution is 0.841. The predicted octanol–water partition coefficient (Wildman–Crippen LogP) is 13.7. The summed E-state index contributed by atoms with van der Waals surface area (Å²) in [7, 11) is 0. The zero-order valence-corrected chi connectivity index (χ0v) is 28.1. The highest BCUT2D eigenvalue weighted by molar-refractivity contribution is 7.19. The Bertz CT molecular complexity index is 2970. The smallest absolute Gasteiger partial charge is 0.0541 e. The highest BCUT2D eigenvalue weighted by Gasteiger charge is 2.24. The molecule has 1 nitrogen and oxygen atoms in total. The quantitative estimate of drug-likeness (QED) is 0.167. The summed E-state index contributed by atoms with van der Waals surface area (Å²) in [5, 5.41) is 11.8. The Kier molecular flexibility index (Phi) is 6.02. The van der Waals surface area contributed by atoms with Gasteiger partial charge in [-0.05, 0) is 109 Å². The average Bonchev–Trinajstić information content (AvgIpc) is 3.74. The van der Waals surface area contributed by atoms with Crippen LogP contribution in [0.4, 0.5) is 0 Å². The maximum atomic E-state index is 2.46. The van der Waals surface area contributed by atoms with E-state index in [-0.39, 0.29) is 0 Å². The number of nitrogens with zero attached hydrogens (tertiary/aromatic N) is 1. The molecule has 0 fully saturated rings. The Labute approximate surface area is 294 Å². The fourth-order valence-corrected chi connectivity index (χ4v) is 9.94. The van der Waals surface area contributed by atoms with Crippen LogP contribution in [0.15, 0.2) is 164 Å². The number of para-hydroxylation sites is 1. The lowest BCUT2D eigenvalue weighted by Gasteiger charge is -2.19. The number of hydrogen-bond donors (Lipinski definition) is 0. The fourth-order valence-electron chi connectivity index (χ4n) is 8.61. The maximum Gasteiger partial charge on any atom is 0.0541 e. The number of fused-ring (bicyclic) bond motifs is 12. The molecule has 1 aliphatic carbocycles. The first-order valence-corrected chi connectivity index (χ1v) is 18.3. The second-order valence-corrected chi connectivity index (χ2v) is 14.7.